The van der Waals surface area contributed by atoms with E-state index in [9.17, 15) is 0 Å². The van der Waals surface area contributed by atoms with Gasteiger partial charge in [-0.05, 0) is 18.6 Å². The molecule has 0 aromatic carbocycles. The number of hydrogen-bond acceptors (Lipinski definition) is 5. The van der Waals surface area contributed by atoms with E-state index in [1.165, 1.54) is 0 Å². The molecule has 2 heterocycles. The second kappa shape index (κ2) is 3.45. The van der Waals surface area contributed by atoms with Gasteiger partial charge in [0.1, 0.15) is 5.69 Å². The second-order valence-corrected chi connectivity index (χ2v) is 2.84. The van der Waals surface area contributed by atoms with Gasteiger partial charge in [-0.15, -0.1) is 0 Å². The number of aromatic nitrogens is 3. The number of nitrogens with one attached hydrogen (secondary N) is 1. The Morgan fingerprint density at radius 1 is 1.43 bits per heavy atom. The van der Waals surface area contributed by atoms with Crippen molar-refractivity contribution in [2.24, 2.45) is 0 Å². The zero-order chi connectivity index (χ0) is 9.97. The smallest absolute Gasteiger partial charge is 0.321 e. The molecule has 2 aromatic heterocycles. The van der Waals surface area contributed by atoms with E-state index in [2.05, 4.69) is 20.4 Å². The van der Waals surface area contributed by atoms with E-state index in [4.69, 9.17) is 4.52 Å². The third-order valence-electron chi connectivity index (χ3n) is 1.86. The van der Waals surface area contributed by atoms with Gasteiger partial charge in [-0.3, -0.25) is 4.98 Å². The lowest BCUT2D eigenvalue weighted by atomic mass is 10.2. The molecule has 0 fully saturated rings. The minimum Gasteiger partial charge on any atom is -0.341 e. The van der Waals surface area contributed by atoms with Crippen LogP contribution in [0.5, 0.6) is 0 Å². The van der Waals surface area contributed by atoms with Crippen LogP contribution in [0, 0.1) is 6.92 Å². The van der Waals surface area contributed by atoms with E-state index in [0.29, 0.717) is 11.8 Å². The Bertz CT molecular complexity index is 438. The molecule has 0 aliphatic rings. The van der Waals surface area contributed by atoms with Gasteiger partial charge in [-0.25, -0.2) is 0 Å². The van der Waals surface area contributed by atoms with Crippen LogP contribution < -0.4 is 5.32 Å². The molecule has 0 atom stereocenters. The van der Waals surface area contributed by atoms with Crippen molar-refractivity contribution in [1.29, 1.82) is 0 Å². The van der Waals surface area contributed by atoms with Crippen LogP contribution in [0.2, 0.25) is 0 Å². The van der Waals surface area contributed by atoms with Crippen LogP contribution in [0.4, 0.5) is 6.01 Å². The van der Waals surface area contributed by atoms with Gasteiger partial charge in [-0.1, -0.05) is 11.2 Å². The van der Waals surface area contributed by atoms with Crippen molar-refractivity contribution < 1.29 is 4.52 Å². The van der Waals surface area contributed by atoms with E-state index in [1.54, 1.807) is 13.2 Å². The Labute approximate surface area is 81.2 Å². The molecule has 0 amide bonds. The zero-order valence-electron chi connectivity index (χ0n) is 7.98. The van der Waals surface area contributed by atoms with Crippen molar-refractivity contribution >= 4 is 6.01 Å². The molecular formula is C9H10N4O. The van der Waals surface area contributed by atoms with E-state index in [1.807, 2.05) is 19.1 Å². The van der Waals surface area contributed by atoms with Gasteiger partial charge >= 0.3 is 6.01 Å². The molecule has 0 saturated carbocycles. The minimum absolute atomic E-state index is 0.394. The summed E-state index contributed by atoms with van der Waals surface area (Å²) in [5.74, 6) is 0.507. The van der Waals surface area contributed by atoms with Crippen molar-refractivity contribution in [1.82, 2.24) is 15.1 Å². The van der Waals surface area contributed by atoms with Crippen molar-refractivity contribution in [2.45, 2.75) is 6.92 Å². The fourth-order valence-corrected chi connectivity index (χ4v) is 1.14. The second-order valence-electron chi connectivity index (χ2n) is 2.84. The molecule has 0 spiro atoms. The third kappa shape index (κ3) is 1.44. The Balaban J connectivity index is 2.44. The topological polar surface area (TPSA) is 63.8 Å². The Kier molecular flexibility index (Phi) is 2.14. The highest BCUT2D eigenvalue weighted by molar-refractivity contribution is 5.54. The lowest BCUT2D eigenvalue weighted by molar-refractivity contribution is 0.434. The van der Waals surface area contributed by atoms with Crippen LogP contribution in [0.3, 0.4) is 0 Å². The van der Waals surface area contributed by atoms with Gasteiger partial charge in [0.2, 0.25) is 5.82 Å². The first kappa shape index (κ1) is 8.68. The molecule has 0 saturated heterocycles. The van der Waals surface area contributed by atoms with Crippen molar-refractivity contribution in [3.8, 4) is 11.5 Å². The lowest BCUT2D eigenvalue weighted by Crippen LogP contribution is -1.90. The van der Waals surface area contributed by atoms with Crippen molar-refractivity contribution in [2.75, 3.05) is 12.4 Å². The monoisotopic (exact) mass is 190 g/mol. The normalized spacial score (nSPS) is 10.1. The number of rotatable bonds is 2. The van der Waals surface area contributed by atoms with Crippen LogP contribution >= 0.6 is 0 Å². The first-order valence-electron chi connectivity index (χ1n) is 4.24. The van der Waals surface area contributed by atoms with E-state index in [0.717, 1.165) is 11.3 Å². The standard InChI is InChI=1S/C9H10N4O/c1-6-4-3-5-11-7(6)8-12-9(10-2)14-13-8/h3-5H,1-2H3,(H,10,12,13). The maximum atomic E-state index is 4.91. The van der Waals surface area contributed by atoms with E-state index in [-0.39, 0.29) is 0 Å². The van der Waals surface area contributed by atoms with Crippen molar-refractivity contribution in [3.05, 3.63) is 23.9 Å². The number of anilines is 1. The largest absolute Gasteiger partial charge is 0.341 e. The summed E-state index contributed by atoms with van der Waals surface area (Å²) >= 11 is 0. The predicted molar refractivity (Wildman–Crippen MR) is 51.8 cm³/mol. The Morgan fingerprint density at radius 3 is 2.93 bits per heavy atom. The SMILES string of the molecule is CNc1nc(-c2ncccc2C)no1. The zero-order valence-corrected chi connectivity index (χ0v) is 7.98. The molecule has 2 aromatic rings. The maximum absolute atomic E-state index is 4.91. The predicted octanol–water partition coefficient (Wildman–Crippen LogP) is 1.48. The summed E-state index contributed by atoms with van der Waals surface area (Å²) in [6, 6.07) is 4.22. The minimum atomic E-state index is 0.394. The highest BCUT2D eigenvalue weighted by atomic mass is 16.5. The summed E-state index contributed by atoms with van der Waals surface area (Å²) in [5.41, 5.74) is 1.77. The van der Waals surface area contributed by atoms with Crippen molar-refractivity contribution in [3.63, 3.8) is 0 Å². The van der Waals surface area contributed by atoms with Gasteiger partial charge < -0.3 is 9.84 Å². The molecule has 0 aliphatic carbocycles. The molecular weight excluding hydrogens is 180 g/mol. The van der Waals surface area contributed by atoms with Gasteiger partial charge in [0.05, 0.1) is 0 Å². The molecule has 2 rings (SSSR count). The summed E-state index contributed by atoms with van der Waals surface area (Å²) in [4.78, 5) is 8.29. The molecule has 5 nitrogen and oxygen atoms in total. The fraction of sp³-hybridized carbons (Fsp3) is 0.222. The van der Waals surface area contributed by atoms with Crippen LogP contribution in [0.1, 0.15) is 5.56 Å². The van der Waals surface area contributed by atoms with Gasteiger partial charge in [0.25, 0.3) is 0 Å². The molecule has 0 unspecified atom stereocenters. The number of aryl methyl sites for hydroxylation is 1. The number of nitrogens with zero attached hydrogens (tertiary/aromatic N) is 3. The van der Waals surface area contributed by atoms with Gasteiger partial charge in [0, 0.05) is 13.2 Å². The Morgan fingerprint density at radius 2 is 2.29 bits per heavy atom. The van der Waals surface area contributed by atoms with E-state index >= 15 is 0 Å². The first-order valence-corrected chi connectivity index (χ1v) is 4.24. The number of pyridine rings is 1. The molecule has 14 heavy (non-hydrogen) atoms. The summed E-state index contributed by atoms with van der Waals surface area (Å²) < 4.78 is 4.91. The summed E-state index contributed by atoms with van der Waals surface area (Å²) in [7, 11) is 1.72. The maximum Gasteiger partial charge on any atom is 0.321 e. The molecule has 1 N–H and O–H groups in total. The molecule has 0 aliphatic heterocycles. The quantitative estimate of drug-likeness (QED) is 0.777. The summed E-state index contributed by atoms with van der Waals surface area (Å²) in [6.07, 6.45) is 1.71. The average Bonchev–Trinajstić information content (AvgIpc) is 2.67. The average molecular weight is 190 g/mol. The first-order chi connectivity index (χ1) is 6.81. The number of hydrogen-bond donors (Lipinski definition) is 1. The lowest BCUT2D eigenvalue weighted by Gasteiger charge is -1.96. The van der Waals surface area contributed by atoms with Crippen LogP contribution in [0.25, 0.3) is 11.5 Å². The van der Waals surface area contributed by atoms with E-state index < -0.39 is 0 Å². The highest BCUT2D eigenvalue weighted by Crippen LogP contribution is 2.17. The van der Waals surface area contributed by atoms with Crippen LogP contribution in [0.15, 0.2) is 22.9 Å². The van der Waals surface area contributed by atoms with Gasteiger partial charge in [-0.2, -0.15) is 4.98 Å². The summed E-state index contributed by atoms with van der Waals surface area (Å²) in [6.45, 7) is 1.96. The van der Waals surface area contributed by atoms with Crippen LogP contribution in [-0.2, 0) is 0 Å². The molecule has 72 valence electrons. The fourth-order valence-electron chi connectivity index (χ4n) is 1.14. The summed E-state index contributed by atoms with van der Waals surface area (Å²) in [5, 5.41) is 6.58. The molecule has 5 heteroatoms. The van der Waals surface area contributed by atoms with Crippen LogP contribution in [-0.4, -0.2) is 22.2 Å². The molecule has 0 bridgehead atoms. The highest BCUT2D eigenvalue weighted by Gasteiger charge is 2.10. The Hall–Kier alpha value is -1.91. The third-order valence-corrected chi connectivity index (χ3v) is 1.86. The molecule has 0 radical (unpaired) electrons. The van der Waals surface area contributed by atoms with Gasteiger partial charge in [0.15, 0.2) is 0 Å².